The minimum Gasteiger partial charge on any atom is -0.366 e. The number of nitrogens with zero attached hydrogens (tertiary/aromatic N) is 2. The van der Waals surface area contributed by atoms with E-state index in [-0.39, 0.29) is 11.5 Å². The number of hydrogen-bond acceptors (Lipinski definition) is 3. The maximum Gasteiger partial charge on any atom is 0.251 e. The molecule has 134 valence electrons. The number of piperidine rings is 1. The van der Waals surface area contributed by atoms with Crippen LogP contribution in [0.2, 0.25) is 0 Å². The largest absolute Gasteiger partial charge is 0.366 e. The Morgan fingerprint density at radius 3 is 2.69 bits per heavy atom. The number of carbonyl (C=O) groups is 1. The number of fused-ring (bicyclic) bond motifs is 1. The van der Waals surface area contributed by atoms with Crippen LogP contribution < -0.4 is 11.1 Å². The van der Waals surface area contributed by atoms with Crippen molar-refractivity contribution >= 4 is 16.8 Å². The van der Waals surface area contributed by atoms with Crippen LogP contribution in [0.25, 0.3) is 16.6 Å². The Morgan fingerprint density at radius 1 is 1.23 bits per heavy atom. The maximum atomic E-state index is 13.7. The SMILES string of the molecule is NC(=O)c1cc(F)cc2cn(-c3ccc([C@H]4CNC[C@@H](F)C4)cc3)nc12. The molecule has 0 radical (unpaired) electrons. The van der Waals surface area contributed by atoms with Crippen molar-refractivity contribution in [3.8, 4) is 5.69 Å². The normalized spacial score (nSPS) is 20.4. The van der Waals surface area contributed by atoms with E-state index in [4.69, 9.17) is 5.73 Å². The highest BCUT2D eigenvalue weighted by atomic mass is 19.1. The molecule has 1 saturated heterocycles. The highest BCUT2D eigenvalue weighted by Crippen LogP contribution is 2.26. The minimum absolute atomic E-state index is 0.0534. The molecule has 7 heteroatoms. The first-order valence-electron chi connectivity index (χ1n) is 8.45. The van der Waals surface area contributed by atoms with E-state index in [1.807, 2.05) is 24.3 Å². The molecule has 1 aliphatic heterocycles. The first-order chi connectivity index (χ1) is 12.5. The third-order valence-electron chi connectivity index (χ3n) is 4.76. The number of hydrogen-bond donors (Lipinski definition) is 2. The Kier molecular flexibility index (Phi) is 4.16. The lowest BCUT2D eigenvalue weighted by Gasteiger charge is -2.26. The first-order valence-corrected chi connectivity index (χ1v) is 8.45. The van der Waals surface area contributed by atoms with Crippen LogP contribution in [-0.2, 0) is 0 Å². The summed E-state index contributed by atoms with van der Waals surface area (Å²) in [7, 11) is 0. The van der Waals surface area contributed by atoms with Crippen molar-refractivity contribution in [3.63, 3.8) is 0 Å². The van der Waals surface area contributed by atoms with Crippen molar-refractivity contribution in [2.24, 2.45) is 5.73 Å². The highest BCUT2D eigenvalue weighted by molar-refractivity contribution is 6.04. The summed E-state index contributed by atoms with van der Waals surface area (Å²) in [5, 5.41) is 7.97. The number of alkyl halides is 1. The summed E-state index contributed by atoms with van der Waals surface area (Å²) in [6, 6.07) is 10.1. The number of primary amides is 1. The average Bonchev–Trinajstić information content (AvgIpc) is 3.04. The Hall–Kier alpha value is -2.80. The number of halogens is 2. The lowest BCUT2D eigenvalue weighted by Crippen LogP contribution is -2.36. The number of amides is 1. The zero-order valence-electron chi connectivity index (χ0n) is 14.0. The number of nitrogens with two attached hydrogens (primary N) is 1. The van der Waals surface area contributed by atoms with E-state index in [1.165, 1.54) is 6.07 Å². The van der Waals surface area contributed by atoms with Gasteiger partial charge in [0.15, 0.2) is 0 Å². The molecule has 1 amide bonds. The Labute approximate surface area is 148 Å². The van der Waals surface area contributed by atoms with Crippen molar-refractivity contribution in [2.45, 2.75) is 18.5 Å². The topological polar surface area (TPSA) is 72.9 Å². The summed E-state index contributed by atoms with van der Waals surface area (Å²) in [6.45, 7) is 1.17. The van der Waals surface area contributed by atoms with Crippen LogP contribution in [0.3, 0.4) is 0 Å². The quantitative estimate of drug-likeness (QED) is 0.758. The monoisotopic (exact) mass is 356 g/mol. The van der Waals surface area contributed by atoms with Gasteiger partial charge in [0.1, 0.15) is 17.5 Å². The predicted molar refractivity (Wildman–Crippen MR) is 94.7 cm³/mol. The fraction of sp³-hybridized carbons (Fsp3) is 0.263. The molecule has 26 heavy (non-hydrogen) atoms. The lowest BCUT2D eigenvalue weighted by molar-refractivity contribution is 0.100. The van der Waals surface area contributed by atoms with E-state index in [1.54, 1.807) is 10.9 Å². The van der Waals surface area contributed by atoms with E-state index in [2.05, 4.69) is 10.4 Å². The van der Waals surface area contributed by atoms with Gasteiger partial charge in [0, 0.05) is 24.7 Å². The van der Waals surface area contributed by atoms with Gasteiger partial charge in [-0.3, -0.25) is 4.79 Å². The molecule has 1 aromatic heterocycles. The number of nitrogens with one attached hydrogen (secondary N) is 1. The van der Waals surface area contributed by atoms with E-state index in [9.17, 15) is 13.6 Å². The summed E-state index contributed by atoms with van der Waals surface area (Å²) < 4.78 is 28.8. The van der Waals surface area contributed by atoms with Crippen molar-refractivity contribution < 1.29 is 13.6 Å². The molecule has 5 nitrogen and oxygen atoms in total. The van der Waals surface area contributed by atoms with Gasteiger partial charge in [-0.2, -0.15) is 5.10 Å². The molecular weight excluding hydrogens is 338 g/mol. The summed E-state index contributed by atoms with van der Waals surface area (Å²) in [6.07, 6.45) is 1.34. The van der Waals surface area contributed by atoms with Gasteiger partial charge in [-0.25, -0.2) is 13.5 Å². The van der Waals surface area contributed by atoms with E-state index in [0.29, 0.717) is 23.9 Å². The molecule has 2 atom stereocenters. The van der Waals surface area contributed by atoms with Gasteiger partial charge in [0.2, 0.25) is 0 Å². The molecule has 1 aliphatic rings. The number of aromatic nitrogens is 2. The van der Waals surface area contributed by atoms with Crippen molar-refractivity contribution in [1.82, 2.24) is 15.1 Å². The second kappa shape index (κ2) is 6.49. The third-order valence-corrected chi connectivity index (χ3v) is 4.76. The summed E-state index contributed by atoms with van der Waals surface area (Å²) in [4.78, 5) is 11.5. The van der Waals surface area contributed by atoms with E-state index in [0.717, 1.165) is 23.9 Å². The zero-order valence-corrected chi connectivity index (χ0v) is 14.0. The molecule has 2 aromatic carbocycles. The predicted octanol–water partition coefficient (Wildman–Crippen LogP) is 2.68. The minimum atomic E-state index is -0.827. The smallest absolute Gasteiger partial charge is 0.251 e. The van der Waals surface area contributed by atoms with Gasteiger partial charge in [-0.15, -0.1) is 0 Å². The molecule has 0 saturated carbocycles. The van der Waals surface area contributed by atoms with E-state index >= 15 is 0 Å². The standard InChI is InChI=1S/C19H18F2N4O/c20-14-6-13-10-25(24-18(13)17(7-14)19(22)26)16-3-1-11(2-4-16)12-5-15(21)9-23-8-12/h1-4,6-7,10,12,15,23H,5,8-9H2,(H2,22,26)/t12-,15+/m1/s1. The van der Waals surface area contributed by atoms with Crippen LogP contribution in [0, 0.1) is 5.82 Å². The molecule has 0 spiro atoms. The van der Waals surface area contributed by atoms with Gasteiger partial charge in [0.25, 0.3) is 5.91 Å². The summed E-state index contributed by atoms with van der Waals surface area (Å²) in [5.41, 5.74) is 7.56. The highest BCUT2D eigenvalue weighted by Gasteiger charge is 2.22. The number of benzene rings is 2. The molecule has 1 fully saturated rings. The van der Waals surface area contributed by atoms with Gasteiger partial charge >= 0.3 is 0 Å². The molecule has 0 unspecified atom stereocenters. The van der Waals surface area contributed by atoms with Crippen LogP contribution >= 0.6 is 0 Å². The number of carbonyl (C=O) groups excluding carboxylic acids is 1. The van der Waals surface area contributed by atoms with Crippen LogP contribution in [0.15, 0.2) is 42.6 Å². The molecular formula is C19H18F2N4O. The lowest BCUT2D eigenvalue weighted by atomic mass is 9.91. The van der Waals surface area contributed by atoms with Crippen LogP contribution in [0.4, 0.5) is 8.78 Å². The Balaban J connectivity index is 1.67. The van der Waals surface area contributed by atoms with Crippen LogP contribution in [-0.4, -0.2) is 34.9 Å². The Morgan fingerprint density at radius 2 is 2.00 bits per heavy atom. The van der Waals surface area contributed by atoms with Crippen LogP contribution in [0.5, 0.6) is 0 Å². The van der Waals surface area contributed by atoms with Crippen molar-refractivity contribution in [2.75, 3.05) is 13.1 Å². The van der Waals surface area contributed by atoms with E-state index < -0.39 is 17.9 Å². The van der Waals surface area contributed by atoms with Crippen molar-refractivity contribution in [3.05, 3.63) is 59.5 Å². The maximum absolute atomic E-state index is 13.7. The average molecular weight is 356 g/mol. The molecule has 3 N–H and O–H groups in total. The summed E-state index contributed by atoms with van der Waals surface area (Å²) >= 11 is 0. The van der Waals surface area contributed by atoms with Crippen molar-refractivity contribution in [1.29, 1.82) is 0 Å². The molecule has 0 bridgehead atoms. The van der Waals surface area contributed by atoms with Gasteiger partial charge in [-0.1, -0.05) is 12.1 Å². The van der Waals surface area contributed by atoms with Gasteiger partial charge in [-0.05, 0) is 42.2 Å². The zero-order chi connectivity index (χ0) is 18.3. The fourth-order valence-corrected chi connectivity index (χ4v) is 3.46. The fourth-order valence-electron chi connectivity index (χ4n) is 3.46. The third kappa shape index (κ3) is 3.06. The summed E-state index contributed by atoms with van der Waals surface area (Å²) in [5.74, 6) is -1.12. The van der Waals surface area contributed by atoms with Crippen LogP contribution in [0.1, 0.15) is 28.3 Å². The second-order valence-electron chi connectivity index (χ2n) is 6.61. The Bertz CT molecular complexity index is 968. The molecule has 3 aromatic rings. The second-order valence-corrected chi connectivity index (χ2v) is 6.61. The molecule has 0 aliphatic carbocycles. The molecule has 4 rings (SSSR count). The van der Waals surface area contributed by atoms with Gasteiger partial charge in [0.05, 0.1) is 11.3 Å². The first kappa shape index (κ1) is 16.7. The molecule has 2 heterocycles. The van der Waals surface area contributed by atoms with Gasteiger partial charge < -0.3 is 11.1 Å². The number of rotatable bonds is 3.